The Labute approximate surface area is 161 Å². The minimum Gasteiger partial charge on any atom is -0.490 e. The molecule has 1 aliphatic carbocycles. The predicted molar refractivity (Wildman–Crippen MR) is 104 cm³/mol. The molecule has 3 rings (SSSR count). The van der Waals surface area contributed by atoms with E-state index in [0.29, 0.717) is 30.1 Å². The molecule has 0 spiro atoms. The lowest BCUT2D eigenvalue weighted by atomic mass is 9.75. The molecule has 0 radical (unpaired) electrons. The smallest absolute Gasteiger partial charge is 0.200 e. The Morgan fingerprint density at radius 3 is 2.48 bits per heavy atom. The maximum absolute atomic E-state index is 14.6. The van der Waals surface area contributed by atoms with Crippen LogP contribution in [0.2, 0.25) is 0 Å². The summed E-state index contributed by atoms with van der Waals surface area (Å²) >= 11 is 0. The Bertz CT molecular complexity index is 628. The van der Waals surface area contributed by atoms with Gasteiger partial charge in [-0.2, -0.15) is 4.39 Å². The summed E-state index contributed by atoms with van der Waals surface area (Å²) in [6.07, 6.45) is 11.6. The molecule has 1 aliphatic heterocycles. The van der Waals surface area contributed by atoms with Crippen molar-refractivity contribution in [1.29, 1.82) is 0 Å². The van der Waals surface area contributed by atoms with Gasteiger partial charge in [0.15, 0.2) is 11.6 Å². The van der Waals surface area contributed by atoms with Crippen LogP contribution in [0.25, 0.3) is 0 Å². The average molecular weight is 379 g/mol. The molecular formula is C23H32F2O2. The summed E-state index contributed by atoms with van der Waals surface area (Å²) in [6, 6.07) is 3.30. The topological polar surface area (TPSA) is 18.5 Å². The predicted octanol–water partition coefficient (Wildman–Crippen LogP) is 6.40. The highest BCUT2D eigenvalue weighted by atomic mass is 19.2. The van der Waals surface area contributed by atoms with E-state index in [1.807, 2.05) is 6.92 Å². The molecule has 1 aromatic carbocycles. The second-order valence-corrected chi connectivity index (χ2v) is 7.98. The lowest BCUT2D eigenvalue weighted by Crippen LogP contribution is -2.33. The first-order chi connectivity index (χ1) is 13.1. The fourth-order valence-electron chi connectivity index (χ4n) is 4.58. The highest BCUT2D eigenvalue weighted by Crippen LogP contribution is 2.41. The summed E-state index contributed by atoms with van der Waals surface area (Å²) in [4.78, 5) is 0. The van der Waals surface area contributed by atoms with Gasteiger partial charge < -0.3 is 9.47 Å². The number of halogens is 2. The number of ether oxygens (including phenoxy) is 2. The number of rotatable bonds is 6. The summed E-state index contributed by atoms with van der Waals surface area (Å²) in [6.45, 7) is 5.21. The molecule has 1 saturated carbocycles. The molecule has 27 heavy (non-hydrogen) atoms. The highest BCUT2D eigenvalue weighted by Gasteiger charge is 2.33. The molecule has 4 heteroatoms. The third-order valence-corrected chi connectivity index (χ3v) is 6.09. The molecule has 1 saturated heterocycles. The van der Waals surface area contributed by atoms with E-state index in [9.17, 15) is 8.78 Å². The Morgan fingerprint density at radius 2 is 1.85 bits per heavy atom. The van der Waals surface area contributed by atoms with Crippen LogP contribution in [0.15, 0.2) is 24.3 Å². The van der Waals surface area contributed by atoms with Gasteiger partial charge in [0.05, 0.1) is 19.3 Å². The monoisotopic (exact) mass is 378 g/mol. The van der Waals surface area contributed by atoms with Crippen molar-refractivity contribution in [2.45, 2.75) is 70.8 Å². The average Bonchev–Trinajstić information content (AvgIpc) is 2.70. The summed E-state index contributed by atoms with van der Waals surface area (Å²) in [5, 5.41) is 0. The fourth-order valence-corrected chi connectivity index (χ4v) is 4.58. The van der Waals surface area contributed by atoms with Crippen molar-refractivity contribution >= 4 is 0 Å². The molecule has 2 fully saturated rings. The van der Waals surface area contributed by atoms with Crippen molar-refractivity contribution in [2.75, 3.05) is 13.2 Å². The van der Waals surface area contributed by atoms with Gasteiger partial charge in [-0.05, 0) is 75.3 Å². The molecule has 2 atom stereocenters. The lowest BCUT2D eigenvalue weighted by molar-refractivity contribution is -0.0471. The van der Waals surface area contributed by atoms with Gasteiger partial charge >= 0.3 is 0 Å². The minimum absolute atomic E-state index is 0.0260. The molecule has 1 heterocycles. The largest absolute Gasteiger partial charge is 0.490 e. The van der Waals surface area contributed by atoms with Crippen molar-refractivity contribution in [2.24, 2.45) is 11.8 Å². The SMILES string of the molecule is C/C=C/C1CCC(C2CCC(c3ccc(OCCC)c(F)c3F)CC2)OC1. The van der Waals surface area contributed by atoms with Gasteiger partial charge in [-0.25, -0.2) is 4.39 Å². The van der Waals surface area contributed by atoms with E-state index in [2.05, 4.69) is 19.1 Å². The van der Waals surface area contributed by atoms with Gasteiger partial charge in [-0.1, -0.05) is 25.1 Å². The molecule has 0 aromatic heterocycles. The van der Waals surface area contributed by atoms with Gasteiger partial charge in [-0.3, -0.25) is 0 Å². The second-order valence-electron chi connectivity index (χ2n) is 7.98. The van der Waals surface area contributed by atoms with Gasteiger partial charge in [0, 0.05) is 5.92 Å². The second kappa shape index (κ2) is 9.68. The quantitative estimate of drug-likeness (QED) is 0.533. The zero-order valence-corrected chi connectivity index (χ0v) is 16.6. The van der Waals surface area contributed by atoms with E-state index >= 15 is 0 Å². The van der Waals surface area contributed by atoms with Crippen molar-refractivity contribution in [3.05, 3.63) is 41.5 Å². The van der Waals surface area contributed by atoms with Crippen LogP contribution < -0.4 is 4.74 Å². The molecular weight excluding hydrogens is 346 g/mol. The van der Waals surface area contributed by atoms with E-state index < -0.39 is 11.6 Å². The Hall–Kier alpha value is -1.42. The molecule has 2 aliphatic rings. The van der Waals surface area contributed by atoms with Crippen LogP contribution in [0.4, 0.5) is 8.78 Å². The summed E-state index contributed by atoms with van der Waals surface area (Å²) in [5.41, 5.74) is 0.507. The number of allylic oxidation sites excluding steroid dienone is 1. The van der Waals surface area contributed by atoms with Gasteiger partial charge in [0.1, 0.15) is 0 Å². The van der Waals surface area contributed by atoms with Crippen molar-refractivity contribution in [3.63, 3.8) is 0 Å². The highest BCUT2D eigenvalue weighted by molar-refractivity contribution is 5.33. The molecule has 0 N–H and O–H groups in total. The third kappa shape index (κ3) is 4.90. The molecule has 2 nitrogen and oxygen atoms in total. The molecule has 0 amide bonds. The van der Waals surface area contributed by atoms with Gasteiger partial charge in [0.2, 0.25) is 5.82 Å². The van der Waals surface area contributed by atoms with Crippen LogP contribution in [-0.2, 0) is 4.74 Å². The molecule has 0 bridgehead atoms. The first-order valence-corrected chi connectivity index (χ1v) is 10.5. The van der Waals surface area contributed by atoms with Crippen LogP contribution in [0.3, 0.4) is 0 Å². The van der Waals surface area contributed by atoms with Crippen LogP contribution >= 0.6 is 0 Å². The van der Waals surface area contributed by atoms with Crippen LogP contribution in [0.5, 0.6) is 5.75 Å². The standard InChI is InChI=1S/C23H32F2O2/c1-3-5-16-6-12-20(27-15-16)18-9-7-17(8-10-18)19-11-13-21(26-14-4-2)23(25)22(19)24/h3,5,11,13,16-18,20H,4,6-10,12,14-15H2,1-2H3/b5-3+. The first kappa shape index (κ1) is 20.3. The van der Waals surface area contributed by atoms with Crippen LogP contribution in [-0.4, -0.2) is 19.3 Å². The minimum atomic E-state index is -0.839. The third-order valence-electron chi connectivity index (χ3n) is 6.09. The molecule has 1 aromatic rings. The van der Waals surface area contributed by atoms with Crippen molar-refractivity contribution in [1.82, 2.24) is 0 Å². The Kier molecular flexibility index (Phi) is 7.28. The number of benzene rings is 1. The van der Waals surface area contributed by atoms with Crippen LogP contribution in [0, 0.1) is 23.5 Å². The number of hydrogen-bond acceptors (Lipinski definition) is 2. The Morgan fingerprint density at radius 1 is 1.07 bits per heavy atom. The van der Waals surface area contributed by atoms with E-state index in [0.717, 1.165) is 45.1 Å². The normalized spacial score (nSPS) is 29.2. The van der Waals surface area contributed by atoms with E-state index in [-0.39, 0.29) is 11.7 Å². The summed E-state index contributed by atoms with van der Waals surface area (Å²) in [7, 11) is 0. The van der Waals surface area contributed by atoms with Gasteiger partial charge in [-0.15, -0.1) is 0 Å². The molecule has 150 valence electrons. The maximum Gasteiger partial charge on any atom is 0.200 e. The lowest BCUT2D eigenvalue weighted by Gasteiger charge is -2.37. The Balaban J connectivity index is 1.56. The van der Waals surface area contributed by atoms with E-state index in [1.54, 1.807) is 12.1 Å². The number of hydrogen-bond donors (Lipinski definition) is 0. The van der Waals surface area contributed by atoms with Gasteiger partial charge in [0.25, 0.3) is 0 Å². The maximum atomic E-state index is 14.6. The van der Waals surface area contributed by atoms with Crippen molar-refractivity contribution in [3.8, 4) is 5.75 Å². The van der Waals surface area contributed by atoms with E-state index in [1.165, 1.54) is 6.42 Å². The fraction of sp³-hybridized carbons (Fsp3) is 0.652. The van der Waals surface area contributed by atoms with Crippen LogP contribution in [0.1, 0.15) is 70.3 Å². The summed E-state index contributed by atoms with van der Waals surface area (Å²) < 4.78 is 40.3. The molecule has 2 unspecified atom stereocenters. The first-order valence-electron chi connectivity index (χ1n) is 10.5. The zero-order valence-electron chi connectivity index (χ0n) is 16.6. The van der Waals surface area contributed by atoms with Crippen molar-refractivity contribution < 1.29 is 18.3 Å². The van der Waals surface area contributed by atoms with E-state index in [4.69, 9.17) is 9.47 Å². The zero-order chi connectivity index (χ0) is 19.2. The summed E-state index contributed by atoms with van der Waals surface area (Å²) in [5.74, 6) is -0.349.